The molecule has 0 saturated carbocycles. The maximum absolute atomic E-state index is 12.3. The van der Waals surface area contributed by atoms with E-state index in [2.05, 4.69) is 0 Å². The minimum atomic E-state index is -0.0752. The zero-order valence-electron chi connectivity index (χ0n) is 11.0. The van der Waals surface area contributed by atoms with Gasteiger partial charge in [-0.3, -0.25) is 4.79 Å². The molecule has 1 aliphatic heterocycles. The number of carbonyl (C=O) groups excluding carboxylic acids is 1. The summed E-state index contributed by atoms with van der Waals surface area (Å²) in [6.45, 7) is 5.44. The van der Waals surface area contributed by atoms with Crippen molar-refractivity contribution in [3.63, 3.8) is 0 Å². The Morgan fingerprint density at radius 1 is 1.56 bits per heavy atom. The van der Waals surface area contributed by atoms with Crippen LogP contribution in [0.15, 0.2) is 16.7 Å². The van der Waals surface area contributed by atoms with Gasteiger partial charge >= 0.3 is 0 Å². The molecule has 0 spiro atoms. The first kappa shape index (κ1) is 13.1. The summed E-state index contributed by atoms with van der Waals surface area (Å²) >= 11 is 0. The van der Waals surface area contributed by atoms with Crippen molar-refractivity contribution in [1.82, 2.24) is 4.90 Å². The van der Waals surface area contributed by atoms with Crippen LogP contribution in [0.4, 0.5) is 0 Å². The maximum Gasteiger partial charge on any atom is 0.290 e. The van der Waals surface area contributed by atoms with Crippen LogP contribution >= 0.6 is 0 Å². The van der Waals surface area contributed by atoms with Crippen molar-refractivity contribution in [3.05, 3.63) is 23.7 Å². The summed E-state index contributed by atoms with van der Waals surface area (Å²) in [4.78, 5) is 14.1. The van der Waals surface area contributed by atoms with Gasteiger partial charge in [0.05, 0.1) is 25.1 Å². The fourth-order valence-electron chi connectivity index (χ4n) is 2.22. The molecule has 1 aromatic rings. The normalized spacial score (nSPS) is 24.3. The van der Waals surface area contributed by atoms with Crippen molar-refractivity contribution in [3.8, 4) is 0 Å². The van der Waals surface area contributed by atoms with Gasteiger partial charge in [-0.25, -0.2) is 0 Å². The van der Waals surface area contributed by atoms with Gasteiger partial charge in [0.15, 0.2) is 5.76 Å². The molecule has 1 amide bonds. The van der Waals surface area contributed by atoms with Gasteiger partial charge in [0.25, 0.3) is 5.91 Å². The summed E-state index contributed by atoms with van der Waals surface area (Å²) in [7, 11) is 1.63. The van der Waals surface area contributed by atoms with Crippen LogP contribution in [0.3, 0.4) is 0 Å². The van der Waals surface area contributed by atoms with Gasteiger partial charge in [-0.1, -0.05) is 0 Å². The van der Waals surface area contributed by atoms with Crippen LogP contribution in [0.2, 0.25) is 0 Å². The molecule has 0 bridgehead atoms. The van der Waals surface area contributed by atoms with Gasteiger partial charge in [-0.2, -0.15) is 0 Å². The Bertz CT molecular complexity index is 415. The predicted molar refractivity (Wildman–Crippen MR) is 65.6 cm³/mol. The molecule has 0 aliphatic carbocycles. The highest BCUT2D eigenvalue weighted by molar-refractivity contribution is 5.92. The Hall–Kier alpha value is -1.33. The quantitative estimate of drug-likeness (QED) is 0.818. The molecular weight excluding hydrogens is 234 g/mol. The third-order valence-corrected chi connectivity index (χ3v) is 3.02. The molecule has 1 fully saturated rings. The predicted octanol–water partition coefficient (Wildman–Crippen LogP) is 1.46. The van der Waals surface area contributed by atoms with Gasteiger partial charge < -0.3 is 18.8 Å². The lowest BCUT2D eigenvalue weighted by Gasteiger charge is -2.36. The topological polar surface area (TPSA) is 51.9 Å². The minimum Gasteiger partial charge on any atom is -0.459 e. The average Bonchev–Trinajstić information content (AvgIpc) is 2.74. The molecule has 2 heterocycles. The smallest absolute Gasteiger partial charge is 0.290 e. The average molecular weight is 253 g/mol. The van der Waals surface area contributed by atoms with Gasteiger partial charge in [0.1, 0.15) is 0 Å². The third kappa shape index (κ3) is 2.73. The summed E-state index contributed by atoms with van der Waals surface area (Å²) in [6, 6.07) is 1.80. The van der Waals surface area contributed by atoms with Crippen molar-refractivity contribution in [2.75, 3.05) is 26.8 Å². The van der Waals surface area contributed by atoms with Gasteiger partial charge in [-0.05, 0) is 19.9 Å². The second-order valence-corrected chi connectivity index (χ2v) is 4.67. The number of hydrogen-bond acceptors (Lipinski definition) is 4. The number of carbonyl (C=O) groups is 1. The molecule has 2 rings (SSSR count). The second-order valence-electron chi connectivity index (χ2n) is 4.67. The third-order valence-electron chi connectivity index (χ3n) is 3.02. The van der Waals surface area contributed by atoms with Gasteiger partial charge in [0.2, 0.25) is 0 Å². The maximum atomic E-state index is 12.3. The van der Waals surface area contributed by atoms with Crippen LogP contribution in [0, 0.1) is 6.92 Å². The number of ether oxygens (including phenoxy) is 2. The van der Waals surface area contributed by atoms with Crippen molar-refractivity contribution in [2.24, 2.45) is 0 Å². The van der Waals surface area contributed by atoms with Crippen LogP contribution in [0.1, 0.15) is 23.0 Å². The van der Waals surface area contributed by atoms with E-state index in [-0.39, 0.29) is 18.1 Å². The van der Waals surface area contributed by atoms with Crippen molar-refractivity contribution >= 4 is 5.91 Å². The van der Waals surface area contributed by atoms with Crippen molar-refractivity contribution in [2.45, 2.75) is 26.1 Å². The molecule has 0 radical (unpaired) electrons. The first-order chi connectivity index (χ1) is 8.61. The van der Waals surface area contributed by atoms with Crippen molar-refractivity contribution in [1.29, 1.82) is 0 Å². The van der Waals surface area contributed by atoms with E-state index in [1.54, 1.807) is 24.3 Å². The second kappa shape index (κ2) is 5.54. The highest BCUT2D eigenvalue weighted by Gasteiger charge is 2.30. The summed E-state index contributed by atoms with van der Waals surface area (Å²) in [5.74, 6) is 0.342. The number of furan rings is 1. The Kier molecular flexibility index (Phi) is 4.04. The molecule has 100 valence electrons. The monoisotopic (exact) mass is 253 g/mol. The Morgan fingerprint density at radius 2 is 2.33 bits per heavy atom. The number of rotatable bonds is 3. The molecular formula is C13H19NO4. The molecule has 18 heavy (non-hydrogen) atoms. The van der Waals surface area contributed by atoms with Gasteiger partial charge in [0, 0.05) is 25.8 Å². The van der Waals surface area contributed by atoms with E-state index in [0.717, 1.165) is 5.56 Å². The van der Waals surface area contributed by atoms with E-state index in [1.807, 2.05) is 13.8 Å². The zero-order valence-corrected chi connectivity index (χ0v) is 11.0. The molecule has 5 heteroatoms. The van der Waals surface area contributed by atoms with E-state index in [4.69, 9.17) is 13.9 Å². The van der Waals surface area contributed by atoms with Crippen LogP contribution in [-0.2, 0) is 9.47 Å². The zero-order chi connectivity index (χ0) is 13.1. The number of aryl methyl sites for hydroxylation is 1. The highest BCUT2D eigenvalue weighted by Crippen LogP contribution is 2.17. The lowest BCUT2D eigenvalue weighted by atomic mass is 10.2. The standard InChI is InChI=1S/C13H19NO4/c1-9-4-5-17-12(9)13(15)14-6-10(2)18-11(7-14)8-16-3/h4-5,10-11H,6-8H2,1-3H3/t10-,11-/m1/s1. The number of methoxy groups -OCH3 is 1. The van der Waals surface area contributed by atoms with E-state index < -0.39 is 0 Å². The molecule has 0 aromatic carbocycles. The molecule has 1 aliphatic rings. The van der Waals surface area contributed by atoms with Gasteiger partial charge in [-0.15, -0.1) is 0 Å². The fraction of sp³-hybridized carbons (Fsp3) is 0.615. The van der Waals surface area contributed by atoms with E-state index >= 15 is 0 Å². The summed E-state index contributed by atoms with van der Waals surface area (Å²) < 4.78 is 16.0. The van der Waals surface area contributed by atoms with Crippen LogP contribution < -0.4 is 0 Å². The Labute approximate surface area is 107 Å². The summed E-state index contributed by atoms with van der Waals surface area (Å²) in [5, 5.41) is 0. The first-order valence-corrected chi connectivity index (χ1v) is 6.09. The number of nitrogens with zero attached hydrogens (tertiary/aromatic N) is 1. The first-order valence-electron chi connectivity index (χ1n) is 6.09. The van der Waals surface area contributed by atoms with E-state index in [1.165, 1.54) is 0 Å². The van der Waals surface area contributed by atoms with Crippen LogP contribution in [0.25, 0.3) is 0 Å². The molecule has 0 unspecified atom stereocenters. The van der Waals surface area contributed by atoms with Crippen LogP contribution in [0.5, 0.6) is 0 Å². The largest absolute Gasteiger partial charge is 0.459 e. The molecule has 2 atom stereocenters. The fourth-order valence-corrected chi connectivity index (χ4v) is 2.22. The highest BCUT2D eigenvalue weighted by atomic mass is 16.5. The molecule has 1 saturated heterocycles. The van der Waals surface area contributed by atoms with Crippen molar-refractivity contribution < 1.29 is 18.7 Å². The number of morpholine rings is 1. The number of hydrogen-bond donors (Lipinski definition) is 0. The minimum absolute atomic E-state index is 0.0121. The molecule has 5 nitrogen and oxygen atoms in total. The lowest BCUT2D eigenvalue weighted by Crippen LogP contribution is -2.50. The lowest BCUT2D eigenvalue weighted by molar-refractivity contribution is -0.0922. The molecule has 0 N–H and O–H groups in total. The Morgan fingerprint density at radius 3 is 2.94 bits per heavy atom. The molecule has 1 aromatic heterocycles. The SMILES string of the molecule is COC[C@H]1CN(C(=O)c2occc2C)C[C@@H](C)O1. The summed E-state index contributed by atoms with van der Waals surface area (Å²) in [6.07, 6.45) is 1.48. The van der Waals surface area contributed by atoms with E-state index in [0.29, 0.717) is 25.5 Å². The Balaban J connectivity index is 2.08. The summed E-state index contributed by atoms with van der Waals surface area (Å²) in [5.41, 5.74) is 0.863. The van der Waals surface area contributed by atoms with Crippen LogP contribution in [-0.4, -0.2) is 49.8 Å². The van der Waals surface area contributed by atoms with E-state index in [9.17, 15) is 4.79 Å². The number of amides is 1.